The molecule has 0 aromatic carbocycles. The number of aromatic carboxylic acids is 1. The first-order valence-electron chi connectivity index (χ1n) is 5.65. The van der Waals surface area contributed by atoms with Gasteiger partial charge in [0.1, 0.15) is 0 Å². The molecular formula is C11H14N2O4. The fourth-order valence-electron chi connectivity index (χ4n) is 2.07. The first kappa shape index (κ1) is 11.6. The second-order valence-corrected chi connectivity index (χ2v) is 3.87. The quantitative estimate of drug-likeness (QED) is 0.797. The summed E-state index contributed by atoms with van der Waals surface area (Å²) in [6, 6.07) is 0. The summed E-state index contributed by atoms with van der Waals surface area (Å²) in [6.07, 6.45) is 2.50. The largest absolute Gasteiger partial charge is 0.476 e. The first-order valence-corrected chi connectivity index (χ1v) is 5.65. The van der Waals surface area contributed by atoms with Crippen LogP contribution in [0.15, 0.2) is 0 Å². The molecule has 1 N–H and O–H groups in total. The summed E-state index contributed by atoms with van der Waals surface area (Å²) in [5.74, 6) is -1.53. The Morgan fingerprint density at radius 1 is 1.47 bits per heavy atom. The van der Waals surface area contributed by atoms with Gasteiger partial charge in [0.2, 0.25) is 5.82 Å². The fourth-order valence-corrected chi connectivity index (χ4v) is 2.07. The molecule has 0 atom stereocenters. The van der Waals surface area contributed by atoms with Gasteiger partial charge in [-0.15, -0.1) is 0 Å². The molecule has 92 valence electrons. The monoisotopic (exact) mass is 238 g/mol. The third-order valence-electron chi connectivity index (χ3n) is 2.78. The maximum atomic E-state index is 11.7. The van der Waals surface area contributed by atoms with Gasteiger partial charge < -0.3 is 14.4 Å². The Balaban J connectivity index is 2.45. The molecule has 0 bridgehead atoms. The Kier molecular flexibility index (Phi) is 3.12. The standard InChI is InChI=1S/C11H14N2O4/c1-2-17-11(16)9-12-8(10(14)15)7-5-3-4-6-13(7)9/h2-6H2,1H3,(H,14,15). The van der Waals surface area contributed by atoms with E-state index in [1.807, 2.05) is 0 Å². The number of hydrogen-bond acceptors (Lipinski definition) is 4. The Labute approximate surface area is 98.2 Å². The van der Waals surface area contributed by atoms with Crippen molar-refractivity contribution in [3.05, 3.63) is 17.2 Å². The highest BCUT2D eigenvalue weighted by atomic mass is 16.5. The second kappa shape index (κ2) is 4.57. The number of rotatable bonds is 3. The zero-order valence-corrected chi connectivity index (χ0v) is 9.60. The smallest absolute Gasteiger partial charge is 0.374 e. The van der Waals surface area contributed by atoms with Crippen LogP contribution in [0.25, 0.3) is 0 Å². The summed E-state index contributed by atoms with van der Waals surface area (Å²) in [7, 11) is 0. The highest BCUT2D eigenvalue weighted by Gasteiger charge is 2.27. The molecule has 0 amide bonds. The maximum Gasteiger partial charge on any atom is 0.374 e. The molecule has 0 radical (unpaired) electrons. The van der Waals surface area contributed by atoms with Gasteiger partial charge in [-0.1, -0.05) is 0 Å². The number of hydrogen-bond donors (Lipinski definition) is 1. The number of carboxylic acids is 1. The fraction of sp³-hybridized carbons (Fsp3) is 0.545. The van der Waals surface area contributed by atoms with Crippen molar-refractivity contribution in [3.63, 3.8) is 0 Å². The van der Waals surface area contributed by atoms with Crippen LogP contribution in [0.4, 0.5) is 0 Å². The van der Waals surface area contributed by atoms with Crippen LogP contribution in [-0.2, 0) is 17.7 Å². The van der Waals surface area contributed by atoms with Gasteiger partial charge in [0.05, 0.1) is 12.3 Å². The van der Waals surface area contributed by atoms with Crippen molar-refractivity contribution < 1.29 is 19.4 Å². The normalized spacial score (nSPS) is 14.2. The van der Waals surface area contributed by atoms with Crippen molar-refractivity contribution in [1.29, 1.82) is 0 Å². The van der Waals surface area contributed by atoms with Crippen LogP contribution in [0.2, 0.25) is 0 Å². The van der Waals surface area contributed by atoms with Gasteiger partial charge in [0.25, 0.3) is 0 Å². The summed E-state index contributed by atoms with van der Waals surface area (Å²) in [5, 5.41) is 9.04. The number of imidazole rings is 1. The molecule has 0 saturated carbocycles. The highest BCUT2D eigenvalue weighted by molar-refractivity contribution is 5.91. The van der Waals surface area contributed by atoms with E-state index in [4.69, 9.17) is 9.84 Å². The minimum absolute atomic E-state index is 0.0206. The van der Waals surface area contributed by atoms with Crippen molar-refractivity contribution >= 4 is 11.9 Å². The average Bonchev–Trinajstić information content (AvgIpc) is 2.69. The van der Waals surface area contributed by atoms with Gasteiger partial charge in [-0.05, 0) is 26.2 Å². The average molecular weight is 238 g/mol. The zero-order valence-electron chi connectivity index (χ0n) is 9.60. The first-order chi connectivity index (χ1) is 8.15. The van der Waals surface area contributed by atoms with E-state index in [1.165, 1.54) is 0 Å². The molecule has 2 heterocycles. The van der Waals surface area contributed by atoms with E-state index in [0.29, 0.717) is 18.7 Å². The predicted molar refractivity (Wildman–Crippen MR) is 58.1 cm³/mol. The maximum absolute atomic E-state index is 11.7. The van der Waals surface area contributed by atoms with Gasteiger partial charge in [0.15, 0.2) is 5.69 Å². The second-order valence-electron chi connectivity index (χ2n) is 3.87. The summed E-state index contributed by atoms with van der Waals surface area (Å²) in [5.41, 5.74) is 0.611. The van der Waals surface area contributed by atoms with Gasteiger partial charge >= 0.3 is 11.9 Å². The molecular weight excluding hydrogens is 224 g/mol. The Morgan fingerprint density at radius 3 is 2.88 bits per heavy atom. The molecule has 0 saturated heterocycles. The number of carboxylic acid groups (broad SMARTS) is 1. The molecule has 1 aliphatic rings. The predicted octanol–water partition coefficient (Wildman–Crippen LogP) is 1.09. The van der Waals surface area contributed by atoms with E-state index in [2.05, 4.69) is 4.98 Å². The van der Waals surface area contributed by atoms with E-state index >= 15 is 0 Å². The lowest BCUT2D eigenvalue weighted by molar-refractivity contribution is 0.0505. The molecule has 1 aromatic heterocycles. The van der Waals surface area contributed by atoms with Crippen LogP contribution < -0.4 is 0 Å². The summed E-state index contributed by atoms with van der Waals surface area (Å²) < 4.78 is 6.54. The number of carbonyl (C=O) groups is 2. The highest BCUT2D eigenvalue weighted by Crippen LogP contribution is 2.21. The lowest BCUT2D eigenvalue weighted by Crippen LogP contribution is -2.18. The Bertz CT molecular complexity index is 464. The van der Waals surface area contributed by atoms with Crippen molar-refractivity contribution in [2.24, 2.45) is 0 Å². The molecule has 0 spiro atoms. The summed E-state index contributed by atoms with van der Waals surface area (Å²) in [6.45, 7) is 2.59. The molecule has 1 aromatic rings. The number of nitrogens with zero attached hydrogens (tertiary/aromatic N) is 2. The minimum Gasteiger partial charge on any atom is -0.476 e. The minimum atomic E-state index is -1.09. The SMILES string of the molecule is CCOC(=O)c1nc(C(=O)O)c2n1CCCC2. The van der Waals surface area contributed by atoms with Crippen LogP contribution >= 0.6 is 0 Å². The number of ether oxygens (including phenoxy) is 1. The van der Waals surface area contributed by atoms with Gasteiger partial charge in [-0.2, -0.15) is 0 Å². The van der Waals surface area contributed by atoms with E-state index in [-0.39, 0.29) is 18.1 Å². The number of fused-ring (bicyclic) bond motifs is 1. The summed E-state index contributed by atoms with van der Waals surface area (Å²) in [4.78, 5) is 26.6. The number of aromatic nitrogens is 2. The van der Waals surface area contributed by atoms with Crippen molar-refractivity contribution in [3.8, 4) is 0 Å². The van der Waals surface area contributed by atoms with Crippen molar-refractivity contribution in [1.82, 2.24) is 9.55 Å². The zero-order chi connectivity index (χ0) is 12.4. The van der Waals surface area contributed by atoms with Crippen LogP contribution in [0.3, 0.4) is 0 Å². The van der Waals surface area contributed by atoms with E-state index in [0.717, 1.165) is 12.8 Å². The van der Waals surface area contributed by atoms with Crippen molar-refractivity contribution in [2.75, 3.05) is 6.61 Å². The topological polar surface area (TPSA) is 81.4 Å². The lowest BCUT2D eigenvalue weighted by atomic mass is 10.1. The van der Waals surface area contributed by atoms with E-state index < -0.39 is 11.9 Å². The molecule has 0 fully saturated rings. The van der Waals surface area contributed by atoms with Gasteiger partial charge in [0, 0.05) is 6.54 Å². The van der Waals surface area contributed by atoms with Crippen LogP contribution in [0, 0.1) is 0 Å². The number of esters is 1. The lowest BCUT2D eigenvalue weighted by Gasteiger charge is -2.16. The molecule has 6 heteroatoms. The molecule has 17 heavy (non-hydrogen) atoms. The van der Waals surface area contributed by atoms with E-state index in [1.54, 1.807) is 11.5 Å². The van der Waals surface area contributed by atoms with Crippen LogP contribution in [0.5, 0.6) is 0 Å². The molecule has 6 nitrogen and oxygen atoms in total. The third kappa shape index (κ3) is 2.02. The third-order valence-corrected chi connectivity index (χ3v) is 2.78. The molecule has 0 unspecified atom stereocenters. The Hall–Kier alpha value is -1.85. The Morgan fingerprint density at radius 2 is 2.24 bits per heavy atom. The van der Waals surface area contributed by atoms with Gasteiger partial charge in [-0.3, -0.25) is 0 Å². The van der Waals surface area contributed by atoms with Crippen molar-refractivity contribution in [2.45, 2.75) is 32.7 Å². The molecule has 2 rings (SSSR count). The van der Waals surface area contributed by atoms with Gasteiger partial charge in [-0.25, -0.2) is 14.6 Å². The number of carbonyl (C=O) groups excluding carboxylic acids is 1. The van der Waals surface area contributed by atoms with E-state index in [9.17, 15) is 9.59 Å². The van der Waals surface area contributed by atoms with Crippen LogP contribution in [-0.4, -0.2) is 33.2 Å². The molecule has 1 aliphatic heterocycles. The molecule has 0 aliphatic carbocycles. The van der Waals surface area contributed by atoms with Crippen LogP contribution in [0.1, 0.15) is 46.6 Å². The summed E-state index contributed by atoms with van der Waals surface area (Å²) >= 11 is 0.